The molecule has 0 aliphatic heterocycles. The van der Waals surface area contributed by atoms with E-state index in [9.17, 15) is 17.6 Å². The van der Waals surface area contributed by atoms with E-state index in [2.05, 4.69) is 4.98 Å². The summed E-state index contributed by atoms with van der Waals surface area (Å²) in [6, 6.07) is 9.08. The Morgan fingerprint density at radius 1 is 1.26 bits per heavy atom. The molecule has 1 aliphatic carbocycles. The van der Waals surface area contributed by atoms with Crippen molar-refractivity contribution in [3.63, 3.8) is 0 Å². The van der Waals surface area contributed by atoms with Crippen molar-refractivity contribution in [2.45, 2.75) is 56.2 Å². The van der Waals surface area contributed by atoms with E-state index >= 15 is 0 Å². The molecule has 1 aliphatic rings. The summed E-state index contributed by atoms with van der Waals surface area (Å²) >= 11 is 1.40. The second kappa shape index (κ2) is 8.55. The van der Waals surface area contributed by atoms with Crippen molar-refractivity contribution in [2.75, 3.05) is 0 Å². The Bertz CT molecular complexity index is 1170. The van der Waals surface area contributed by atoms with E-state index in [4.69, 9.17) is 0 Å². The van der Waals surface area contributed by atoms with Gasteiger partial charge in [-0.2, -0.15) is 0 Å². The van der Waals surface area contributed by atoms with Crippen molar-refractivity contribution in [1.29, 1.82) is 0 Å². The maximum absolute atomic E-state index is 13.2. The average Bonchev–Trinajstić information content (AvgIpc) is 3.23. The third kappa shape index (κ3) is 4.72. The fourth-order valence-corrected chi connectivity index (χ4v) is 5.89. The molecule has 9 heteroatoms. The summed E-state index contributed by atoms with van der Waals surface area (Å²) in [4.78, 5) is 19.7. The highest BCUT2D eigenvalue weighted by atomic mass is 32.2. The van der Waals surface area contributed by atoms with Crippen LogP contribution >= 0.6 is 11.3 Å². The number of hydrogen-bond acceptors (Lipinski definition) is 5. The van der Waals surface area contributed by atoms with Crippen LogP contribution in [-0.4, -0.2) is 34.8 Å². The van der Waals surface area contributed by atoms with Gasteiger partial charge in [0, 0.05) is 12.1 Å². The molecular weight excluding hydrogens is 437 g/mol. The quantitative estimate of drug-likeness (QED) is 0.497. The molecule has 4 rings (SSSR count). The first-order valence-electron chi connectivity index (χ1n) is 10.1. The summed E-state index contributed by atoms with van der Waals surface area (Å²) in [5.41, 5.74) is 1.18. The maximum Gasteiger partial charge on any atom is 0.264 e. The summed E-state index contributed by atoms with van der Waals surface area (Å²) < 4.78 is 41.1. The topological polar surface area (TPSA) is 72.3 Å². The number of carbonyl (C=O) groups excluding carboxylic acids is 1. The lowest BCUT2D eigenvalue weighted by Gasteiger charge is -2.24. The van der Waals surface area contributed by atoms with Crippen LogP contribution in [-0.2, 0) is 22.1 Å². The van der Waals surface area contributed by atoms with Gasteiger partial charge in [-0.1, -0.05) is 18.2 Å². The SMILES string of the molecule is CC(C)n1c(CN(C(=O)c2cccs2)C2CC2)cnc1S(=O)(=O)Cc1ccc(F)cc1. The van der Waals surface area contributed by atoms with Crippen LogP contribution in [0.5, 0.6) is 0 Å². The van der Waals surface area contributed by atoms with Crippen LogP contribution in [0.15, 0.2) is 53.1 Å². The predicted molar refractivity (Wildman–Crippen MR) is 117 cm³/mol. The molecule has 0 spiro atoms. The summed E-state index contributed by atoms with van der Waals surface area (Å²) in [7, 11) is -3.76. The summed E-state index contributed by atoms with van der Waals surface area (Å²) in [6.07, 6.45) is 3.44. The van der Waals surface area contributed by atoms with Gasteiger partial charge in [0.25, 0.3) is 5.91 Å². The highest BCUT2D eigenvalue weighted by molar-refractivity contribution is 7.90. The molecule has 1 aromatic carbocycles. The fourth-order valence-electron chi connectivity index (χ4n) is 3.61. The molecule has 1 saturated carbocycles. The molecule has 0 bridgehead atoms. The maximum atomic E-state index is 13.2. The molecule has 31 heavy (non-hydrogen) atoms. The van der Waals surface area contributed by atoms with Gasteiger partial charge in [-0.3, -0.25) is 4.79 Å². The van der Waals surface area contributed by atoms with Gasteiger partial charge in [-0.15, -0.1) is 11.3 Å². The Morgan fingerprint density at radius 2 is 1.97 bits per heavy atom. The molecule has 2 aromatic heterocycles. The third-order valence-electron chi connectivity index (χ3n) is 5.22. The molecule has 1 fully saturated rings. The molecule has 0 radical (unpaired) electrons. The Morgan fingerprint density at radius 3 is 2.55 bits per heavy atom. The van der Waals surface area contributed by atoms with E-state index < -0.39 is 15.7 Å². The Hall–Kier alpha value is -2.52. The van der Waals surface area contributed by atoms with Crippen LogP contribution in [0.3, 0.4) is 0 Å². The van der Waals surface area contributed by atoms with E-state index in [1.54, 1.807) is 16.8 Å². The van der Waals surface area contributed by atoms with E-state index in [1.165, 1.54) is 35.6 Å². The lowest BCUT2D eigenvalue weighted by Crippen LogP contribution is -2.33. The number of nitrogens with zero attached hydrogens (tertiary/aromatic N) is 3. The van der Waals surface area contributed by atoms with Crippen LogP contribution in [0, 0.1) is 5.82 Å². The molecular formula is C22H24FN3O3S2. The van der Waals surface area contributed by atoms with Gasteiger partial charge >= 0.3 is 0 Å². The molecule has 0 atom stereocenters. The second-order valence-electron chi connectivity index (χ2n) is 8.02. The van der Waals surface area contributed by atoms with Crippen molar-refractivity contribution in [3.8, 4) is 0 Å². The third-order valence-corrected chi connectivity index (χ3v) is 7.65. The number of aromatic nitrogens is 2. The number of imidazole rings is 1. The van der Waals surface area contributed by atoms with Gasteiger partial charge in [-0.05, 0) is 55.8 Å². The number of hydrogen-bond donors (Lipinski definition) is 0. The normalized spacial score (nSPS) is 14.2. The summed E-state index contributed by atoms with van der Waals surface area (Å²) in [5, 5.41) is 1.85. The highest BCUT2D eigenvalue weighted by Gasteiger charge is 2.35. The minimum Gasteiger partial charge on any atom is -0.329 e. The Kier molecular flexibility index (Phi) is 5.98. The zero-order chi connectivity index (χ0) is 22.2. The van der Waals surface area contributed by atoms with E-state index in [0.717, 1.165) is 12.8 Å². The molecule has 0 unspecified atom stereocenters. The van der Waals surface area contributed by atoms with E-state index in [-0.39, 0.29) is 28.9 Å². The Balaban J connectivity index is 1.64. The molecule has 2 heterocycles. The van der Waals surface area contributed by atoms with Crippen LogP contribution in [0.25, 0.3) is 0 Å². The highest BCUT2D eigenvalue weighted by Crippen LogP contribution is 2.32. The number of amides is 1. The largest absolute Gasteiger partial charge is 0.329 e. The van der Waals surface area contributed by atoms with Crippen LogP contribution in [0.1, 0.15) is 53.7 Å². The number of sulfone groups is 1. The van der Waals surface area contributed by atoms with Crippen molar-refractivity contribution >= 4 is 27.1 Å². The molecule has 0 saturated heterocycles. The standard InChI is InChI=1S/C22H24FN3O3S2/c1-15(2)26-19(13-25(18-9-10-18)21(27)20-4-3-11-30-20)12-24-22(26)31(28,29)14-16-5-7-17(23)8-6-16/h3-8,11-12,15,18H,9-10,13-14H2,1-2H3. The van der Waals surface area contributed by atoms with Gasteiger partial charge in [0.1, 0.15) is 5.82 Å². The zero-order valence-corrected chi connectivity index (χ0v) is 19.0. The average molecular weight is 462 g/mol. The van der Waals surface area contributed by atoms with Crippen LogP contribution in [0.2, 0.25) is 0 Å². The molecule has 0 N–H and O–H groups in total. The smallest absolute Gasteiger partial charge is 0.264 e. The summed E-state index contributed by atoms with van der Waals surface area (Å²) in [5.74, 6) is -0.718. The first kappa shape index (κ1) is 21.7. The van der Waals surface area contributed by atoms with Crippen molar-refractivity contribution in [1.82, 2.24) is 14.5 Å². The predicted octanol–water partition coefficient (Wildman–Crippen LogP) is 4.44. The lowest BCUT2D eigenvalue weighted by atomic mass is 10.2. The van der Waals surface area contributed by atoms with Crippen LogP contribution in [0.4, 0.5) is 4.39 Å². The first-order valence-corrected chi connectivity index (χ1v) is 12.7. The Labute approximate surface area is 185 Å². The zero-order valence-electron chi connectivity index (χ0n) is 17.4. The van der Waals surface area contributed by atoms with Gasteiger partial charge in [0.2, 0.25) is 15.0 Å². The van der Waals surface area contributed by atoms with Crippen molar-refractivity contribution in [2.24, 2.45) is 0 Å². The number of thiophene rings is 1. The number of benzene rings is 1. The molecule has 164 valence electrons. The van der Waals surface area contributed by atoms with Crippen LogP contribution < -0.4 is 0 Å². The fraction of sp³-hybridized carbons (Fsp3) is 0.364. The lowest BCUT2D eigenvalue weighted by molar-refractivity contribution is 0.0729. The van der Waals surface area contributed by atoms with Gasteiger partial charge in [0.05, 0.1) is 29.1 Å². The minimum atomic E-state index is -3.76. The first-order chi connectivity index (χ1) is 14.8. The van der Waals surface area contributed by atoms with Gasteiger partial charge in [0.15, 0.2) is 0 Å². The number of rotatable bonds is 8. The van der Waals surface area contributed by atoms with Gasteiger partial charge in [-0.25, -0.2) is 17.8 Å². The monoisotopic (exact) mass is 461 g/mol. The molecule has 6 nitrogen and oxygen atoms in total. The van der Waals surface area contributed by atoms with Crippen molar-refractivity contribution < 1.29 is 17.6 Å². The van der Waals surface area contributed by atoms with Gasteiger partial charge < -0.3 is 9.47 Å². The number of halogens is 1. The second-order valence-corrected chi connectivity index (χ2v) is 10.9. The molecule has 3 aromatic rings. The van der Waals surface area contributed by atoms with E-state index in [1.807, 2.05) is 30.2 Å². The molecule has 1 amide bonds. The summed E-state index contributed by atoms with van der Waals surface area (Å²) in [6.45, 7) is 4.09. The van der Waals surface area contributed by atoms with E-state index in [0.29, 0.717) is 22.7 Å². The number of carbonyl (C=O) groups is 1. The minimum absolute atomic E-state index is 0.0267. The van der Waals surface area contributed by atoms with Crippen molar-refractivity contribution in [3.05, 3.63) is 69.9 Å².